The van der Waals surface area contributed by atoms with Crippen molar-refractivity contribution in [3.63, 3.8) is 0 Å². The zero-order valence-electron chi connectivity index (χ0n) is 19.8. The van der Waals surface area contributed by atoms with Crippen molar-refractivity contribution in [2.24, 2.45) is 0 Å². The molecule has 0 atom stereocenters. The largest absolute Gasteiger partial charge is 0.324 e. The molecule has 0 spiro atoms. The van der Waals surface area contributed by atoms with Gasteiger partial charge in [-0.25, -0.2) is 0 Å². The van der Waals surface area contributed by atoms with Crippen LogP contribution in [0.5, 0.6) is 0 Å². The Hall–Kier alpha value is -3.75. The van der Waals surface area contributed by atoms with Crippen molar-refractivity contribution in [2.45, 2.75) is 20.4 Å². The lowest BCUT2D eigenvalue weighted by Crippen LogP contribution is -2.35. The van der Waals surface area contributed by atoms with Gasteiger partial charge >= 0.3 is 0 Å². The monoisotopic (exact) mass is 513 g/mol. The minimum Gasteiger partial charge on any atom is -0.324 e. The molecule has 1 saturated heterocycles. The van der Waals surface area contributed by atoms with E-state index in [-0.39, 0.29) is 29.8 Å². The first-order valence-electron chi connectivity index (χ1n) is 11.4. The summed E-state index contributed by atoms with van der Waals surface area (Å²) < 4.78 is 0.407. The minimum atomic E-state index is -0.382. The molecule has 1 fully saturated rings. The van der Waals surface area contributed by atoms with Crippen LogP contribution in [0.25, 0.3) is 5.57 Å². The van der Waals surface area contributed by atoms with E-state index < -0.39 is 0 Å². The third kappa shape index (κ3) is 4.45. The van der Waals surface area contributed by atoms with Crippen LogP contribution in [0.1, 0.15) is 22.3 Å². The van der Waals surface area contributed by atoms with Crippen LogP contribution in [0.4, 0.5) is 11.4 Å². The summed E-state index contributed by atoms with van der Waals surface area (Å²) in [6.45, 7) is 4.07. The maximum atomic E-state index is 13.6. The summed E-state index contributed by atoms with van der Waals surface area (Å²) in [6, 6.07) is 22.6. The molecule has 2 aliphatic rings. The first kappa shape index (κ1) is 24.0. The molecule has 0 aliphatic carbocycles. The molecule has 8 heteroatoms. The SMILES string of the molecule is Cc1ccc(CN2C(=O)/C(=C3/C(=O)N(CC(=O)Nc4ccccc4C)c4ccccc43)SC2=S)cc1. The molecular weight excluding hydrogens is 490 g/mol. The van der Waals surface area contributed by atoms with Gasteiger partial charge < -0.3 is 5.32 Å². The summed E-state index contributed by atoms with van der Waals surface area (Å²) in [5.41, 5.74) is 5.22. The number of nitrogens with one attached hydrogen (secondary N) is 1. The standard InChI is InChI=1S/C28H23N3O3S2/c1-17-11-13-19(14-12-17)15-31-27(34)25(36-28(31)35)24-20-8-4-6-10-22(20)30(26(24)33)16-23(32)29-21-9-5-3-7-18(21)2/h3-14H,15-16H2,1-2H3,(H,29,32)/b25-24-. The van der Waals surface area contributed by atoms with Gasteiger partial charge in [0, 0.05) is 11.3 Å². The highest BCUT2D eigenvalue weighted by molar-refractivity contribution is 8.26. The second-order valence-electron chi connectivity index (χ2n) is 8.72. The molecule has 5 rings (SSSR count). The lowest BCUT2D eigenvalue weighted by Gasteiger charge is -2.17. The highest BCUT2D eigenvalue weighted by atomic mass is 32.2. The predicted molar refractivity (Wildman–Crippen MR) is 147 cm³/mol. The van der Waals surface area contributed by atoms with Gasteiger partial charge in [-0.3, -0.25) is 24.2 Å². The van der Waals surface area contributed by atoms with E-state index in [2.05, 4.69) is 5.32 Å². The number of rotatable bonds is 5. The lowest BCUT2D eigenvalue weighted by molar-refractivity contribution is -0.122. The number of benzene rings is 3. The van der Waals surface area contributed by atoms with Gasteiger partial charge in [-0.05, 0) is 37.1 Å². The fourth-order valence-electron chi connectivity index (χ4n) is 4.26. The Labute approximate surface area is 219 Å². The zero-order chi connectivity index (χ0) is 25.4. The average Bonchev–Trinajstić information content (AvgIpc) is 3.29. The van der Waals surface area contributed by atoms with E-state index in [1.807, 2.05) is 74.5 Å². The first-order valence-corrected chi connectivity index (χ1v) is 12.7. The molecule has 1 N–H and O–H groups in total. The molecule has 0 bridgehead atoms. The molecule has 0 unspecified atom stereocenters. The van der Waals surface area contributed by atoms with Crippen molar-refractivity contribution < 1.29 is 14.4 Å². The molecule has 36 heavy (non-hydrogen) atoms. The molecule has 3 amide bonds. The molecular formula is C28H23N3O3S2. The number of hydrogen-bond donors (Lipinski definition) is 1. The fourth-order valence-corrected chi connectivity index (χ4v) is 5.59. The van der Waals surface area contributed by atoms with E-state index in [0.717, 1.165) is 28.5 Å². The van der Waals surface area contributed by atoms with E-state index in [4.69, 9.17) is 12.2 Å². The zero-order valence-corrected chi connectivity index (χ0v) is 21.4. The molecule has 0 aromatic heterocycles. The second-order valence-corrected chi connectivity index (χ2v) is 10.4. The van der Waals surface area contributed by atoms with Crippen LogP contribution < -0.4 is 10.2 Å². The van der Waals surface area contributed by atoms with Gasteiger partial charge in [0.25, 0.3) is 11.8 Å². The minimum absolute atomic E-state index is 0.169. The molecule has 2 heterocycles. The Bertz CT molecular complexity index is 1450. The van der Waals surface area contributed by atoms with Crippen molar-refractivity contribution in [3.05, 3.63) is 100.0 Å². The summed E-state index contributed by atoms with van der Waals surface area (Å²) >= 11 is 6.66. The topological polar surface area (TPSA) is 69.7 Å². The Balaban J connectivity index is 1.43. The molecule has 3 aromatic carbocycles. The van der Waals surface area contributed by atoms with Gasteiger partial charge in [0.1, 0.15) is 10.9 Å². The van der Waals surface area contributed by atoms with Gasteiger partial charge in [-0.1, -0.05) is 90.2 Å². The van der Waals surface area contributed by atoms with Crippen molar-refractivity contribution >= 4 is 63.0 Å². The maximum absolute atomic E-state index is 13.6. The van der Waals surface area contributed by atoms with Crippen LogP contribution in [0.15, 0.2) is 77.7 Å². The van der Waals surface area contributed by atoms with Gasteiger partial charge in [-0.2, -0.15) is 0 Å². The predicted octanol–water partition coefficient (Wildman–Crippen LogP) is 5.06. The first-order chi connectivity index (χ1) is 17.3. The summed E-state index contributed by atoms with van der Waals surface area (Å²) in [5, 5.41) is 2.88. The average molecular weight is 514 g/mol. The second kappa shape index (κ2) is 9.72. The van der Waals surface area contributed by atoms with E-state index in [0.29, 0.717) is 32.7 Å². The van der Waals surface area contributed by atoms with E-state index in [9.17, 15) is 14.4 Å². The third-order valence-electron chi connectivity index (χ3n) is 6.18. The van der Waals surface area contributed by atoms with Crippen LogP contribution in [-0.2, 0) is 20.9 Å². The molecule has 2 aliphatic heterocycles. The molecule has 180 valence electrons. The van der Waals surface area contributed by atoms with Crippen LogP contribution >= 0.6 is 24.0 Å². The number of carbonyl (C=O) groups is 3. The molecule has 0 radical (unpaired) electrons. The Morgan fingerprint density at radius 1 is 0.889 bits per heavy atom. The smallest absolute Gasteiger partial charge is 0.267 e. The van der Waals surface area contributed by atoms with Crippen LogP contribution in [0.2, 0.25) is 0 Å². The van der Waals surface area contributed by atoms with Gasteiger partial charge in [0.15, 0.2) is 0 Å². The highest BCUT2D eigenvalue weighted by Crippen LogP contribution is 2.44. The van der Waals surface area contributed by atoms with Gasteiger partial charge in [-0.15, -0.1) is 0 Å². The lowest BCUT2D eigenvalue weighted by atomic mass is 10.1. The number of thioether (sulfide) groups is 1. The quantitative estimate of drug-likeness (QED) is 0.382. The van der Waals surface area contributed by atoms with Gasteiger partial charge in [0.2, 0.25) is 5.91 Å². The number of nitrogens with zero attached hydrogens (tertiary/aromatic N) is 2. The summed E-state index contributed by atoms with van der Waals surface area (Å²) in [4.78, 5) is 43.2. The van der Waals surface area contributed by atoms with Crippen molar-refractivity contribution in [1.29, 1.82) is 0 Å². The number of thiocarbonyl (C=S) groups is 1. The maximum Gasteiger partial charge on any atom is 0.267 e. The molecule has 3 aromatic rings. The van der Waals surface area contributed by atoms with Gasteiger partial charge in [0.05, 0.1) is 22.7 Å². The summed E-state index contributed by atoms with van der Waals surface area (Å²) in [7, 11) is 0. The fraction of sp³-hybridized carbons (Fsp3) is 0.143. The number of para-hydroxylation sites is 2. The van der Waals surface area contributed by atoms with E-state index >= 15 is 0 Å². The van der Waals surface area contributed by atoms with Crippen molar-refractivity contribution in [2.75, 3.05) is 16.8 Å². The number of amides is 3. The number of hydrogen-bond acceptors (Lipinski definition) is 5. The van der Waals surface area contributed by atoms with E-state index in [1.165, 1.54) is 9.80 Å². The highest BCUT2D eigenvalue weighted by Gasteiger charge is 2.42. The Morgan fingerprint density at radius 2 is 1.58 bits per heavy atom. The summed E-state index contributed by atoms with van der Waals surface area (Å²) in [6.07, 6.45) is 0. The molecule has 0 saturated carbocycles. The number of fused-ring (bicyclic) bond motifs is 1. The normalized spacial score (nSPS) is 17.1. The van der Waals surface area contributed by atoms with Crippen LogP contribution in [-0.4, -0.2) is 33.5 Å². The van der Waals surface area contributed by atoms with Crippen molar-refractivity contribution in [1.82, 2.24) is 4.90 Å². The third-order valence-corrected chi connectivity index (χ3v) is 7.63. The Kier molecular flexibility index (Phi) is 6.47. The van der Waals surface area contributed by atoms with Crippen LogP contribution in [0, 0.1) is 13.8 Å². The Morgan fingerprint density at radius 3 is 2.33 bits per heavy atom. The number of carbonyl (C=O) groups excluding carboxylic acids is 3. The number of aryl methyl sites for hydroxylation is 2. The molecule has 6 nitrogen and oxygen atoms in total. The number of anilines is 2. The van der Waals surface area contributed by atoms with Crippen molar-refractivity contribution in [3.8, 4) is 0 Å². The summed E-state index contributed by atoms with van der Waals surface area (Å²) in [5.74, 6) is -0.998. The van der Waals surface area contributed by atoms with Crippen LogP contribution in [0.3, 0.4) is 0 Å². The van der Waals surface area contributed by atoms with E-state index in [1.54, 1.807) is 12.1 Å².